The van der Waals surface area contributed by atoms with Gasteiger partial charge in [-0.15, -0.1) is 0 Å². The monoisotopic (exact) mass is 437 g/mol. The third kappa shape index (κ3) is 3.79. The molecule has 166 valence electrons. The molecule has 7 nitrogen and oxygen atoms in total. The minimum Gasteiger partial charge on any atom is -0.325 e. The van der Waals surface area contributed by atoms with Gasteiger partial charge in [0.05, 0.1) is 10.5 Å². The number of halogens is 1. The molecule has 2 amide bonds. The molecule has 0 bridgehead atoms. The summed E-state index contributed by atoms with van der Waals surface area (Å²) in [6.45, 7) is 5.50. The summed E-state index contributed by atoms with van der Waals surface area (Å²) in [7, 11) is 3.03. The van der Waals surface area contributed by atoms with Gasteiger partial charge in [-0.25, -0.2) is 4.39 Å². The highest BCUT2D eigenvalue weighted by Gasteiger charge is 2.50. The maximum absolute atomic E-state index is 13.5. The van der Waals surface area contributed by atoms with Gasteiger partial charge < -0.3 is 9.80 Å². The summed E-state index contributed by atoms with van der Waals surface area (Å²) in [5.41, 5.74) is 0.0657. The Kier molecular flexibility index (Phi) is 6.25. The molecule has 8 heteroatoms. The Labute approximate surface area is 185 Å². The second kappa shape index (κ2) is 8.74. The second-order valence-corrected chi connectivity index (χ2v) is 7.69. The fourth-order valence-corrected chi connectivity index (χ4v) is 4.08. The number of carbonyl (C=O) groups is 2. The van der Waals surface area contributed by atoms with Crippen molar-refractivity contribution >= 4 is 29.7 Å². The van der Waals surface area contributed by atoms with Crippen molar-refractivity contribution in [2.45, 2.75) is 25.3 Å². The van der Waals surface area contributed by atoms with Crippen LogP contribution in [0.1, 0.15) is 30.0 Å². The van der Waals surface area contributed by atoms with Gasteiger partial charge in [0.15, 0.2) is 0 Å². The summed E-state index contributed by atoms with van der Waals surface area (Å²) in [6, 6.07) is 10.3. The molecule has 2 aromatic carbocycles. The maximum Gasteiger partial charge on any atom is 0.277 e. The van der Waals surface area contributed by atoms with Crippen molar-refractivity contribution in [3.05, 3.63) is 87.4 Å². The van der Waals surface area contributed by atoms with Crippen LogP contribution in [-0.2, 0) is 16.0 Å². The number of rotatable bonds is 6. The second-order valence-electron chi connectivity index (χ2n) is 7.69. The Morgan fingerprint density at radius 1 is 1.16 bits per heavy atom. The fourth-order valence-electron chi connectivity index (χ4n) is 4.08. The molecule has 32 heavy (non-hydrogen) atoms. The van der Waals surface area contributed by atoms with Crippen molar-refractivity contribution in [3.63, 3.8) is 0 Å². The third-order valence-corrected chi connectivity index (χ3v) is 6.04. The van der Waals surface area contributed by atoms with E-state index in [1.165, 1.54) is 53.3 Å². The molecule has 2 aromatic rings. The van der Waals surface area contributed by atoms with Gasteiger partial charge >= 0.3 is 0 Å². The summed E-state index contributed by atoms with van der Waals surface area (Å²) in [4.78, 5) is 40.6. The van der Waals surface area contributed by atoms with Gasteiger partial charge in [-0.05, 0) is 35.8 Å². The highest BCUT2D eigenvalue weighted by Crippen LogP contribution is 2.35. The van der Waals surface area contributed by atoms with E-state index in [2.05, 4.69) is 6.58 Å². The summed E-state index contributed by atoms with van der Waals surface area (Å²) in [5.74, 6) is -1.15. The molecule has 1 atom stereocenters. The van der Waals surface area contributed by atoms with Crippen LogP contribution in [-0.4, -0.2) is 46.2 Å². The molecule has 0 saturated carbocycles. The Balaban J connectivity index is 2.09. The average molecular weight is 437 g/mol. The average Bonchev–Trinajstić information content (AvgIpc) is 2.79. The van der Waals surface area contributed by atoms with Crippen molar-refractivity contribution in [3.8, 4) is 0 Å². The van der Waals surface area contributed by atoms with Crippen molar-refractivity contribution in [1.29, 1.82) is 0 Å². The lowest BCUT2D eigenvalue weighted by Gasteiger charge is -2.47. The zero-order valence-electron chi connectivity index (χ0n) is 18.2. The van der Waals surface area contributed by atoms with Crippen LogP contribution < -0.4 is 0 Å². The van der Waals surface area contributed by atoms with E-state index in [1.807, 2.05) is 6.92 Å². The molecule has 1 saturated heterocycles. The quantitative estimate of drug-likeness (QED) is 0.388. The van der Waals surface area contributed by atoms with Gasteiger partial charge in [-0.1, -0.05) is 43.8 Å². The normalized spacial score (nSPS) is 20.1. The van der Waals surface area contributed by atoms with Gasteiger partial charge in [0.2, 0.25) is 0 Å². The molecule has 1 fully saturated rings. The predicted molar refractivity (Wildman–Crippen MR) is 120 cm³/mol. The van der Waals surface area contributed by atoms with Crippen LogP contribution in [0.2, 0.25) is 0 Å². The number of amides is 2. The number of carbonyl (C=O) groups excluding carboxylic acids is 2. The number of nitrogens with zero attached hydrogens (tertiary/aromatic N) is 3. The van der Waals surface area contributed by atoms with Crippen LogP contribution in [0.15, 0.2) is 54.7 Å². The van der Waals surface area contributed by atoms with E-state index in [0.717, 1.165) is 5.56 Å². The molecule has 1 aliphatic heterocycles. The number of nitro groups is 1. The molecular formula is C24H24FN3O4. The fraction of sp³-hybridized carbons (Fsp3) is 0.250. The third-order valence-electron chi connectivity index (χ3n) is 6.04. The SMILES string of the molecule is C=Cc1cccc([N+](=O)[O-])c1C=C1C(=O)N(C)C(CC)(Cc2ccc(F)cc2)C(=O)N1C. The molecule has 0 spiro atoms. The molecule has 0 aliphatic carbocycles. The Morgan fingerprint density at radius 2 is 1.81 bits per heavy atom. The van der Waals surface area contributed by atoms with E-state index in [-0.39, 0.29) is 35.1 Å². The molecule has 1 aliphatic rings. The molecule has 1 unspecified atom stereocenters. The predicted octanol–water partition coefficient (Wildman–Crippen LogP) is 4.04. The first-order chi connectivity index (χ1) is 15.2. The van der Waals surface area contributed by atoms with E-state index >= 15 is 0 Å². The summed E-state index contributed by atoms with van der Waals surface area (Å²) in [5, 5.41) is 11.5. The van der Waals surface area contributed by atoms with Crippen molar-refractivity contribution < 1.29 is 18.9 Å². The Bertz CT molecular complexity index is 1130. The topological polar surface area (TPSA) is 83.8 Å². The smallest absolute Gasteiger partial charge is 0.277 e. The standard InChI is InChI=1S/C24H24FN3O4/c1-5-17-8-7-9-20(28(31)32)19(17)14-21-22(29)27(4)24(6-2,23(30)26(21)3)15-16-10-12-18(25)13-11-16/h5,7-14H,1,6,15H2,2-4H3. The van der Waals surface area contributed by atoms with Crippen LogP contribution in [0.4, 0.5) is 10.1 Å². The Morgan fingerprint density at radius 3 is 2.38 bits per heavy atom. The molecule has 3 rings (SSSR count). The molecule has 0 N–H and O–H groups in total. The minimum absolute atomic E-state index is 0.0260. The van der Waals surface area contributed by atoms with Crippen LogP contribution in [0, 0.1) is 15.9 Å². The van der Waals surface area contributed by atoms with E-state index in [1.54, 1.807) is 25.2 Å². The first kappa shape index (κ1) is 22.9. The molecule has 1 heterocycles. The number of nitro benzene ring substituents is 1. The van der Waals surface area contributed by atoms with E-state index in [0.29, 0.717) is 12.0 Å². The maximum atomic E-state index is 13.5. The summed E-state index contributed by atoms with van der Waals surface area (Å²) >= 11 is 0. The number of piperazine rings is 1. The Hall–Kier alpha value is -3.81. The van der Waals surface area contributed by atoms with Crippen molar-refractivity contribution in [2.75, 3.05) is 14.1 Å². The van der Waals surface area contributed by atoms with Gasteiger partial charge in [0.1, 0.15) is 17.1 Å². The highest BCUT2D eigenvalue weighted by atomic mass is 19.1. The van der Waals surface area contributed by atoms with Crippen LogP contribution in [0.5, 0.6) is 0 Å². The van der Waals surface area contributed by atoms with Crippen molar-refractivity contribution in [2.24, 2.45) is 0 Å². The first-order valence-corrected chi connectivity index (χ1v) is 10.1. The lowest BCUT2D eigenvalue weighted by atomic mass is 9.82. The number of likely N-dealkylation sites (N-methyl/N-ethyl adjacent to an activating group) is 2. The van der Waals surface area contributed by atoms with Crippen LogP contribution in [0.25, 0.3) is 12.2 Å². The number of hydrogen-bond acceptors (Lipinski definition) is 4. The largest absolute Gasteiger partial charge is 0.325 e. The number of benzene rings is 2. The lowest BCUT2D eigenvalue weighted by molar-refractivity contribution is -0.385. The summed E-state index contributed by atoms with van der Waals surface area (Å²) in [6.07, 6.45) is 3.38. The van der Waals surface area contributed by atoms with E-state index in [4.69, 9.17) is 0 Å². The highest BCUT2D eigenvalue weighted by molar-refractivity contribution is 6.09. The minimum atomic E-state index is -1.16. The van der Waals surface area contributed by atoms with Crippen LogP contribution >= 0.6 is 0 Å². The van der Waals surface area contributed by atoms with Gasteiger partial charge in [-0.2, -0.15) is 0 Å². The lowest BCUT2D eigenvalue weighted by Crippen LogP contribution is -2.65. The van der Waals surface area contributed by atoms with Crippen LogP contribution in [0.3, 0.4) is 0 Å². The van der Waals surface area contributed by atoms with Gasteiger partial charge in [-0.3, -0.25) is 19.7 Å². The number of hydrogen-bond donors (Lipinski definition) is 0. The van der Waals surface area contributed by atoms with Crippen molar-refractivity contribution in [1.82, 2.24) is 9.80 Å². The first-order valence-electron chi connectivity index (χ1n) is 10.1. The molecule has 0 aromatic heterocycles. The van der Waals surface area contributed by atoms with Gasteiger partial charge in [0, 0.05) is 26.6 Å². The molecule has 0 radical (unpaired) electrons. The zero-order valence-corrected chi connectivity index (χ0v) is 18.2. The van der Waals surface area contributed by atoms with E-state index < -0.39 is 16.4 Å². The summed E-state index contributed by atoms with van der Waals surface area (Å²) < 4.78 is 13.3. The van der Waals surface area contributed by atoms with E-state index in [9.17, 15) is 24.1 Å². The van der Waals surface area contributed by atoms with Gasteiger partial charge in [0.25, 0.3) is 17.5 Å². The molecular weight excluding hydrogens is 413 g/mol. The zero-order chi connectivity index (χ0) is 23.6.